The van der Waals surface area contributed by atoms with Crippen molar-refractivity contribution in [3.8, 4) is 0 Å². The Morgan fingerprint density at radius 1 is 1.03 bits per heavy atom. The van der Waals surface area contributed by atoms with Gasteiger partial charge in [-0.3, -0.25) is 14.6 Å². The third kappa shape index (κ3) is 7.40. The number of rotatable bonds is 6. The van der Waals surface area contributed by atoms with E-state index in [4.69, 9.17) is 5.73 Å². The zero-order valence-electron chi connectivity index (χ0n) is 17.1. The molecular formula is C22H26Cl2N4O3. The maximum Gasteiger partial charge on any atom is 0.283 e. The minimum atomic E-state index is -0.917. The summed E-state index contributed by atoms with van der Waals surface area (Å²) in [5.74, 6) is -1.57. The van der Waals surface area contributed by atoms with Crippen molar-refractivity contribution in [1.82, 2.24) is 9.88 Å². The molecule has 7 nitrogen and oxygen atoms in total. The van der Waals surface area contributed by atoms with E-state index in [0.717, 1.165) is 37.4 Å². The van der Waals surface area contributed by atoms with Gasteiger partial charge in [-0.15, -0.1) is 24.8 Å². The van der Waals surface area contributed by atoms with Crippen LogP contribution in [0.3, 0.4) is 0 Å². The van der Waals surface area contributed by atoms with Crippen molar-refractivity contribution in [3.63, 3.8) is 0 Å². The van der Waals surface area contributed by atoms with Gasteiger partial charge in [0, 0.05) is 49.7 Å². The molecule has 0 unspecified atom stereocenters. The molecule has 1 aliphatic heterocycles. The Kier molecular flexibility index (Phi) is 10.2. The molecule has 166 valence electrons. The zero-order chi connectivity index (χ0) is 20.8. The van der Waals surface area contributed by atoms with E-state index in [-0.39, 0.29) is 30.6 Å². The van der Waals surface area contributed by atoms with Crippen molar-refractivity contribution in [3.05, 3.63) is 71.3 Å². The zero-order valence-corrected chi connectivity index (χ0v) is 18.7. The molecule has 1 saturated heterocycles. The predicted molar refractivity (Wildman–Crippen MR) is 128 cm³/mol. The number of aliphatic hydroxyl groups is 1. The molecule has 0 saturated carbocycles. The van der Waals surface area contributed by atoms with Crippen LogP contribution in [0.1, 0.15) is 21.6 Å². The fourth-order valence-corrected chi connectivity index (χ4v) is 2.98. The molecule has 2 aromatic rings. The lowest BCUT2D eigenvalue weighted by molar-refractivity contribution is -0.116. The summed E-state index contributed by atoms with van der Waals surface area (Å²) >= 11 is 0. The van der Waals surface area contributed by atoms with E-state index in [1.807, 2.05) is 24.3 Å². The average Bonchev–Trinajstić information content (AvgIpc) is 2.73. The van der Waals surface area contributed by atoms with Crippen LogP contribution in [-0.4, -0.2) is 59.9 Å². The van der Waals surface area contributed by atoms with Gasteiger partial charge in [0.25, 0.3) is 5.91 Å². The summed E-state index contributed by atoms with van der Waals surface area (Å²) in [4.78, 5) is 32.0. The lowest BCUT2D eigenvalue weighted by Gasteiger charge is -2.34. The molecule has 1 fully saturated rings. The Bertz CT molecular complexity index is 936. The van der Waals surface area contributed by atoms with Crippen LogP contribution in [-0.2, 0) is 4.79 Å². The van der Waals surface area contributed by atoms with Crippen LogP contribution in [0.5, 0.6) is 0 Å². The molecule has 3 rings (SSSR count). The Hall–Kier alpha value is -2.87. The second kappa shape index (κ2) is 12.1. The summed E-state index contributed by atoms with van der Waals surface area (Å²) in [5, 5.41) is 9.35. The number of nitrogens with two attached hydrogens (primary N) is 1. The van der Waals surface area contributed by atoms with Crippen LogP contribution in [0.15, 0.2) is 54.4 Å². The first kappa shape index (κ1) is 26.2. The largest absolute Gasteiger partial charge is 0.503 e. The normalized spacial score (nSPS) is 14.6. The SMILES string of the molecule is CN1CCN(c2ccc(C(=O)C=Cc3ccc(C=C(O)C(N)=O)nc3)cc2)CC1.Cl.Cl. The number of pyridine rings is 1. The standard InChI is InChI=1S/C22H24N4O3.2ClH/c1-25-10-12-26(13-11-25)19-7-4-17(5-8-19)20(27)9-3-16-2-6-18(24-15-16)14-21(28)22(23)29;;/h2-9,14-15,28H,10-13H2,1H3,(H2,23,29);2*1H. The molecule has 3 N–H and O–H groups in total. The number of allylic oxidation sites excluding steroid dienone is 1. The van der Waals surface area contributed by atoms with E-state index in [1.54, 1.807) is 24.4 Å². The number of primary amides is 1. The number of anilines is 1. The number of nitrogens with zero attached hydrogens (tertiary/aromatic N) is 3. The number of aliphatic hydroxyl groups excluding tert-OH is 1. The summed E-state index contributed by atoms with van der Waals surface area (Å²) < 4.78 is 0. The fraction of sp³-hybridized carbons (Fsp3) is 0.227. The number of benzene rings is 1. The minimum Gasteiger partial charge on any atom is -0.503 e. The van der Waals surface area contributed by atoms with Crippen LogP contribution in [0.25, 0.3) is 12.2 Å². The van der Waals surface area contributed by atoms with Crippen LogP contribution in [0, 0.1) is 0 Å². The molecule has 9 heteroatoms. The molecule has 1 aromatic heterocycles. The average molecular weight is 465 g/mol. The van der Waals surface area contributed by atoms with E-state index in [9.17, 15) is 14.7 Å². The Morgan fingerprint density at radius 3 is 2.23 bits per heavy atom. The van der Waals surface area contributed by atoms with Gasteiger partial charge >= 0.3 is 0 Å². The van der Waals surface area contributed by atoms with Crippen molar-refractivity contribution < 1.29 is 14.7 Å². The van der Waals surface area contributed by atoms with Gasteiger partial charge in [-0.25, -0.2) is 0 Å². The smallest absolute Gasteiger partial charge is 0.283 e. The third-order valence-corrected chi connectivity index (χ3v) is 4.79. The molecule has 0 aliphatic carbocycles. The van der Waals surface area contributed by atoms with Crippen LogP contribution < -0.4 is 10.6 Å². The maximum absolute atomic E-state index is 12.4. The summed E-state index contributed by atoms with van der Waals surface area (Å²) in [5.41, 5.74) is 7.84. The maximum atomic E-state index is 12.4. The molecule has 1 aliphatic rings. The van der Waals surface area contributed by atoms with Gasteiger partial charge in [-0.05, 0) is 55.1 Å². The van der Waals surface area contributed by atoms with Gasteiger partial charge in [0.1, 0.15) is 0 Å². The minimum absolute atomic E-state index is 0. The monoisotopic (exact) mass is 464 g/mol. The van der Waals surface area contributed by atoms with E-state index < -0.39 is 11.7 Å². The van der Waals surface area contributed by atoms with Gasteiger partial charge < -0.3 is 20.6 Å². The number of halogens is 2. The van der Waals surface area contributed by atoms with Gasteiger partial charge in [-0.1, -0.05) is 6.07 Å². The number of hydrogen-bond acceptors (Lipinski definition) is 6. The number of ketones is 1. The summed E-state index contributed by atoms with van der Waals surface area (Å²) in [6.07, 6.45) is 5.90. The van der Waals surface area contributed by atoms with Gasteiger partial charge in [-0.2, -0.15) is 0 Å². The number of likely N-dealkylation sites (N-methyl/N-ethyl adjacent to an activating group) is 1. The fourth-order valence-electron chi connectivity index (χ4n) is 2.98. The van der Waals surface area contributed by atoms with Gasteiger partial charge in [0.05, 0.1) is 5.69 Å². The molecule has 2 heterocycles. The third-order valence-electron chi connectivity index (χ3n) is 4.79. The Balaban J connectivity index is 0.00000240. The molecular weight excluding hydrogens is 439 g/mol. The van der Waals surface area contributed by atoms with Crippen LogP contribution in [0.2, 0.25) is 0 Å². The quantitative estimate of drug-likeness (QED) is 0.387. The van der Waals surface area contributed by atoms with Crippen molar-refractivity contribution in [2.24, 2.45) is 5.73 Å². The molecule has 0 atom stereocenters. The second-order valence-electron chi connectivity index (χ2n) is 6.95. The van der Waals surface area contributed by atoms with Gasteiger partial charge in [0.15, 0.2) is 11.5 Å². The topological polar surface area (TPSA) is 99.8 Å². The molecule has 0 bridgehead atoms. The highest BCUT2D eigenvalue weighted by Crippen LogP contribution is 2.18. The van der Waals surface area contributed by atoms with Crippen LogP contribution in [0.4, 0.5) is 5.69 Å². The second-order valence-corrected chi connectivity index (χ2v) is 6.95. The van der Waals surface area contributed by atoms with Crippen molar-refractivity contribution in [2.45, 2.75) is 0 Å². The number of piperazine rings is 1. The number of carbonyl (C=O) groups excluding carboxylic acids is 2. The Labute approximate surface area is 194 Å². The predicted octanol–water partition coefficient (Wildman–Crippen LogP) is 2.96. The number of aromatic nitrogens is 1. The summed E-state index contributed by atoms with van der Waals surface area (Å²) in [6.45, 7) is 4.04. The summed E-state index contributed by atoms with van der Waals surface area (Å²) in [6, 6.07) is 11.0. The van der Waals surface area contributed by atoms with E-state index in [0.29, 0.717) is 11.3 Å². The first-order valence-corrected chi connectivity index (χ1v) is 9.35. The number of amides is 1. The van der Waals surface area contributed by atoms with E-state index in [2.05, 4.69) is 21.8 Å². The number of carbonyl (C=O) groups is 2. The lowest BCUT2D eigenvalue weighted by atomic mass is 10.1. The van der Waals surface area contributed by atoms with Crippen molar-refractivity contribution >= 4 is 54.3 Å². The first-order valence-electron chi connectivity index (χ1n) is 9.35. The lowest BCUT2D eigenvalue weighted by Crippen LogP contribution is -2.44. The highest BCUT2D eigenvalue weighted by Gasteiger charge is 2.14. The molecule has 31 heavy (non-hydrogen) atoms. The Morgan fingerprint density at radius 2 is 1.68 bits per heavy atom. The summed E-state index contributed by atoms with van der Waals surface area (Å²) in [7, 11) is 2.12. The van der Waals surface area contributed by atoms with E-state index >= 15 is 0 Å². The van der Waals surface area contributed by atoms with Crippen molar-refractivity contribution in [2.75, 3.05) is 38.1 Å². The highest BCUT2D eigenvalue weighted by atomic mass is 35.5. The van der Waals surface area contributed by atoms with Crippen molar-refractivity contribution in [1.29, 1.82) is 0 Å². The molecule has 1 aromatic carbocycles. The first-order chi connectivity index (χ1) is 13.9. The van der Waals surface area contributed by atoms with E-state index in [1.165, 1.54) is 12.2 Å². The van der Waals surface area contributed by atoms with Gasteiger partial charge in [0.2, 0.25) is 0 Å². The molecule has 0 spiro atoms. The van der Waals surface area contributed by atoms with Crippen LogP contribution >= 0.6 is 24.8 Å². The molecule has 0 radical (unpaired) electrons. The highest BCUT2D eigenvalue weighted by molar-refractivity contribution is 6.07. The number of hydrogen-bond donors (Lipinski definition) is 2. The molecule has 1 amide bonds.